The first-order chi connectivity index (χ1) is 51.1. The summed E-state index contributed by atoms with van der Waals surface area (Å²) in [6.45, 7) is 7.50. The van der Waals surface area contributed by atoms with E-state index in [4.69, 9.17) is 23.0 Å². The van der Waals surface area contributed by atoms with Crippen LogP contribution in [0.25, 0.3) is 0 Å². The van der Waals surface area contributed by atoms with Gasteiger partial charge in [-0.15, -0.1) is 12.4 Å². The number of alkyl halides is 18. The highest BCUT2D eigenvalue weighted by Gasteiger charge is 2.55. The number of quaternary nitrogens is 2. The molecular formula is C77H90Cl2F18N6O9S. The molecule has 5 aliphatic rings. The van der Waals surface area contributed by atoms with Crippen molar-refractivity contribution in [2.45, 2.75) is 201 Å². The SMILES string of the molecule is C.CCC[C@@]1([N+](=O)[O-])CC[C@@](CO[C@H](C)c2cc(C(F)(F)F)cc(C(F)(F)F)c2)(c2ccccc2)[NH2+]C1.CS(=O)[O-].C[C@@H](OC[C@@]1(c2ccccc2)CC[C@]2(CCC(=O)N2)CN1)c1cc(C(F)(F)F)cc(C(F)(F)F)c1.C[C@@H](OC[C@@]1(c2ccccc2)CC[C@]2(CCC(=O)N2)C[NH2+]1)c1cc(C(F)(F)F)cc(C(F)(F)F)c1.Cl.[Cl-]. The quantitative estimate of drug-likeness (QED) is 0.0238. The molecule has 5 fully saturated rings. The summed E-state index contributed by atoms with van der Waals surface area (Å²) >= 11 is -1.86. The van der Waals surface area contributed by atoms with Crippen molar-refractivity contribution < 1.29 is 140 Å². The minimum absolute atomic E-state index is 0. The molecule has 1 unspecified atom stereocenters. The number of hydrogen-bond acceptors (Lipinski definition) is 10. The molecule has 0 saturated carbocycles. The number of hydrogen-bond donors (Lipinski definition) is 5. The molecule has 5 heterocycles. The molecule has 628 valence electrons. The van der Waals surface area contributed by atoms with Crippen LogP contribution in [0.15, 0.2) is 146 Å². The third-order valence-corrected chi connectivity index (χ3v) is 21.2. The van der Waals surface area contributed by atoms with E-state index in [1.807, 2.05) is 91.1 Å². The lowest BCUT2D eigenvalue weighted by Crippen LogP contribution is -3.01. The molecule has 0 aliphatic carbocycles. The monoisotopic (exact) mass is 1690 g/mol. The molecule has 113 heavy (non-hydrogen) atoms. The zero-order chi connectivity index (χ0) is 81.3. The van der Waals surface area contributed by atoms with E-state index in [2.05, 4.69) is 21.3 Å². The topological polar surface area (TPSA) is 214 Å². The van der Waals surface area contributed by atoms with Crippen LogP contribution in [0.2, 0.25) is 0 Å². The van der Waals surface area contributed by atoms with Gasteiger partial charge in [0.2, 0.25) is 11.8 Å². The summed E-state index contributed by atoms with van der Waals surface area (Å²) in [5.41, 5.74) is -10.0. The van der Waals surface area contributed by atoms with E-state index in [9.17, 15) is 98.7 Å². The van der Waals surface area contributed by atoms with E-state index in [-0.39, 0.29) is 128 Å². The van der Waals surface area contributed by atoms with Crippen LogP contribution in [-0.4, -0.2) is 87.8 Å². The van der Waals surface area contributed by atoms with Gasteiger partial charge in [-0.1, -0.05) is 116 Å². The molecule has 0 aromatic heterocycles. The van der Waals surface area contributed by atoms with Crippen LogP contribution in [0, 0.1) is 10.1 Å². The summed E-state index contributed by atoms with van der Waals surface area (Å²) in [4.78, 5) is 35.2. The van der Waals surface area contributed by atoms with Crippen molar-refractivity contribution in [2.75, 3.05) is 45.7 Å². The fourth-order valence-electron chi connectivity index (χ4n) is 14.7. The average molecular weight is 1690 g/mol. The predicted molar refractivity (Wildman–Crippen MR) is 380 cm³/mol. The molecular weight excluding hydrogens is 1600 g/mol. The number of nitro groups is 1. The number of nitrogens with one attached hydrogen (secondary N) is 3. The first-order valence-corrected chi connectivity index (χ1v) is 36.7. The summed E-state index contributed by atoms with van der Waals surface area (Å²) < 4.78 is 275. The highest BCUT2D eigenvalue weighted by atomic mass is 35.5. The maximum absolute atomic E-state index is 13.3. The Bertz CT molecular complexity index is 3850. The average Bonchev–Trinajstić information content (AvgIpc) is 1.77. The maximum Gasteiger partial charge on any atom is 0.416 e. The third kappa shape index (κ3) is 24.9. The molecule has 6 aromatic carbocycles. The minimum atomic E-state index is -4.96. The van der Waals surface area contributed by atoms with Gasteiger partial charge < -0.3 is 57.8 Å². The number of rotatable bonds is 18. The molecule has 0 radical (unpaired) electrons. The lowest BCUT2D eigenvalue weighted by molar-refractivity contribution is -0.788. The lowest BCUT2D eigenvalue weighted by Gasteiger charge is -2.46. The van der Waals surface area contributed by atoms with Crippen molar-refractivity contribution in [3.8, 4) is 0 Å². The Kier molecular flexibility index (Phi) is 32.7. The molecule has 5 saturated heterocycles. The van der Waals surface area contributed by atoms with Gasteiger partial charge in [-0.3, -0.25) is 23.9 Å². The van der Waals surface area contributed by atoms with Crippen molar-refractivity contribution in [3.63, 3.8) is 0 Å². The Morgan fingerprint density at radius 3 is 1.05 bits per heavy atom. The predicted octanol–water partition coefficient (Wildman–Crippen LogP) is 13.9. The van der Waals surface area contributed by atoms with Gasteiger partial charge in [0.05, 0.1) is 81.5 Å². The summed E-state index contributed by atoms with van der Waals surface area (Å²) in [6.07, 6.45) is -25.0. The van der Waals surface area contributed by atoms with Crippen molar-refractivity contribution in [2.24, 2.45) is 0 Å². The normalized spacial score (nSPS) is 24.3. The Morgan fingerprint density at radius 2 is 0.788 bits per heavy atom. The number of ether oxygens (including phenoxy) is 3. The Hall–Kier alpha value is -7.15. The fraction of sp³-hybridized carbons (Fsp3) is 0.506. The minimum Gasteiger partial charge on any atom is -1.00 e. The first-order valence-electron chi connectivity index (χ1n) is 35.2. The Balaban J connectivity index is 0.000000292. The van der Waals surface area contributed by atoms with Crippen molar-refractivity contribution >= 4 is 35.3 Å². The van der Waals surface area contributed by atoms with Gasteiger partial charge >= 0.3 is 37.1 Å². The molecule has 5 aliphatic heterocycles. The van der Waals surface area contributed by atoms with E-state index in [1.165, 1.54) is 20.8 Å². The number of amides is 2. The summed E-state index contributed by atoms with van der Waals surface area (Å²) in [5, 5.41) is 25.4. The number of piperidine rings is 3. The first kappa shape index (κ1) is 96.4. The van der Waals surface area contributed by atoms with Gasteiger partial charge in [-0.2, -0.15) is 79.0 Å². The molecule has 2 spiro atoms. The molecule has 2 amide bonds. The van der Waals surface area contributed by atoms with Gasteiger partial charge in [0.25, 0.3) is 5.54 Å². The molecule has 7 N–H and O–H groups in total. The number of halogens is 20. The zero-order valence-corrected chi connectivity index (χ0v) is 63.5. The van der Waals surface area contributed by atoms with Crippen molar-refractivity contribution in [1.82, 2.24) is 16.0 Å². The lowest BCUT2D eigenvalue weighted by atomic mass is 9.75. The molecule has 10 atom stereocenters. The number of nitrogens with two attached hydrogens (primary N) is 2. The van der Waals surface area contributed by atoms with Crippen LogP contribution in [0.5, 0.6) is 0 Å². The van der Waals surface area contributed by atoms with Gasteiger partial charge in [0.1, 0.15) is 30.8 Å². The number of nitrogens with zero attached hydrogens (tertiary/aromatic N) is 1. The van der Waals surface area contributed by atoms with Gasteiger partial charge in [-0.05, 0) is 142 Å². The van der Waals surface area contributed by atoms with E-state index < -0.39 is 122 Å². The van der Waals surface area contributed by atoms with Gasteiger partial charge in [0.15, 0.2) is 0 Å². The molecule has 0 bridgehead atoms. The highest BCUT2D eigenvalue weighted by Crippen LogP contribution is 2.45. The number of carbonyl (C=O) groups excluding carboxylic acids is 2. The second-order valence-corrected chi connectivity index (χ2v) is 29.6. The van der Waals surface area contributed by atoms with Crippen LogP contribution < -0.4 is 39.0 Å². The maximum atomic E-state index is 13.3. The third-order valence-electron chi connectivity index (χ3n) is 21.2. The van der Waals surface area contributed by atoms with Crippen molar-refractivity contribution in [1.29, 1.82) is 0 Å². The molecule has 11 rings (SSSR count). The van der Waals surface area contributed by atoms with Gasteiger partial charge in [-0.25, -0.2) is 0 Å². The smallest absolute Gasteiger partial charge is 0.416 e. The second kappa shape index (κ2) is 38.3. The molecule has 6 aromatic rings. The molecule has 36 heteroatoms. The van der Waals surface area contributed by atoms with Crippen LogP contribution in [0.1, 0.15) is 197 Å². The van der Waals surface area contributed by atoms with E-state index in [0.717, 1.165) is 29.4 Å². The van der Waals surface area contributed by atoms with E-state index in [1.54, 1.807) is 12.1 Å². The van der Waals surface area contributed by atoms with Gasteiger partial charge in [0, 0.05) is 61.1 Å². The Labute approximate surface area is 656 Å². The summed E-state index contributed by atoms with van der Waals surface area (Å²) in [5.74, 6) is 0.00870. The summed E-state index contributed by atoms with van der Waals surface area (Å²) in [6, 6.07) is 32.4. The van der Waals surface area contributed by atoms with E-state index >= 15 is 0 Å². The zero-order valence-electron chi connectivity index (χ0n) is 61.1. The highest BCUT2D eigenvalue weighted by molar-refractivity contribution is 7.78. The fourth-order valence-corrected chi connectivity index (χ4v) is 14.7. The standard InChI is InChI=1S/C25H28F6N2O3.2C25H26F6N2O2.CH4O2S.CH4.2ClH/c1-3-9-22(33(34)35)10-11-23(32-15-22,19-7-5-4-6-8-19)16-36-17(2)18-12-20(24(26,27)28)14-21(13-18)25(29,30)31;2*1-16(17-11-19(24(26,27)28)13-20(12-17)25(29,30)31)35-15-23(18-5-3-2-4-6-18)10-9-22(14-32-23)8-7-21(34)33-22;1-4(2)3;;;/h4-8,12-14,17,32H,3,9-11,15-16H2,1-2H3;2*2-6,11-13,16,32H,7-10,14-15H2,1H3,(H,33,34);1H3,(H,2,3);1H4;2*1H/t17-,22-,23-;2*16-,22-,23-;;;;/m111..../s1. The Morgan fingerprint density at radius 1 is 0.478 bits per heavy atom. The second-order valence-electron chi connectivity index (χ2n) is 28.8. The van der Waals surface area contributed by atoms with E-state index in [0.29, 0.717) is 114 Å². The van der Waals surface area contributed by atoms with Crippen LogP contribution in [0.4, 0.5) is 79.0 Å². The van der Waals surface area contributed by atoms with Crippen LogP contribution >= 0.6 is 12.4 Å². The molecule has 15 nitrogen and oxygen atoms in total. The van der Waals surface area contributed by atoms with Crippen LogP contribution in [0.3, 0.4) is 0 Å². The summed E-state index contributed by atoms with van der Waals surface area (Å²) in [7, 11) is 0. The number of benzene rings is 6. The largest absolute Gasteiger partial charge is 1.00 e. The van der Waals surface area contributed by atoms with Crippen LogP contribution in [-0.2, 0) is 88.6 Å². The number of carbonyl (C=O) groups is 2. The van der Waals surface area contributed by atoms with Crippen molar-refractivity contribution in [3.05, 3.63) is 222 Å².